The van der Waals surface area contributed by atoms with Crippen LogP contribution in [0.2, 0.25) is 0 Å². The van der Waals surface area contributed by atoms with Gasteiger partial charge in [-0.1, -0.05) is 0 Å². The summed E-state index contributed by atoms with van der Waals surface area (Å²) >= 11 is -6.27. The predicted molar refractivity (Wildman–Crippen MR) is 116 cm³/mol. The average Bonchev–Trinajstić information content (AvgIpc) is 2.74. The Morgan fingerprint density at radius 2 is 1.03 bits per heavy atom. The van der Waals surface area contributed by atoms with Crippen LogP contribution < -0.4 is 0 Å². The molecule has 0 aliphatic heterocycles. The molecule has 0 aliphatic rings. The third-order valence-electron chi connectivity index (χ3n) is 5.04. The van der Waals surface area contributed by atoms with Gasteiger partial charge in [-0.2, -0.15) is 0 Å². The summed E-state index contributed by atoms with van der Waals surface area (Å²) in [6.07, 6.45) is 0.883. The van der Waals surface area contributed by atoms with Gasteiger partial charge in [0.1, 0.15) is 0 Å². The van der Waals surface area contributed by atoms with Crippen LogP contribution in [0.4, 0.5) is 6.18 Å². The van der Waals surface area contributed by atoms with Crippen LogP contribution in [0.3, 0.4) is 0 Å². The van der Waals surface area contributed by atoms with Crippen molar-refractivity contribution in [1.29, 1.82) is 0 Å². The van der Waals surface area contributed by atoms with Crippen LogP contribution in [0, 0.1) is 11.8 Å². The second-order valence-corrected chi connectivity index (χ2v) is 11.8. The molecule has 0 heterocycles. The molecule has 0 unspecified atom stereocenters. The van der Waals surface area contributed by atoms with Crippen LogP contribution in [0.25, 0.3) is 0 Å². The first-order chi connectivity index (χ1) is 14.6. The third-order valence-corrected chi connectivity index (χ3v) is 8.40. The van der Waals surface area contributed by atoms with Crippen molar-refractivity contribution in [2.24, 2.45) is 11.8 Å². The zero-order valence-corrected chi connectivity index (χ0v) is 20.3. The molecular weight excluding hydrogens is 434 g/mol. The van der Waals surface area contributed by atoms with Gasteiger partial charge in [-0.25, -0.2) is 0 Å². The fourth-order valence-corrected chi connectivity index (χ4v) is 5.97. The second-order valence-electron chi connectivity index (χ2n) is 8.52. The molecule has 0 N–H and O–H groups in total. The predicted octanol–water partition coefficient (Wildman–Crippen LogP) is 6.12. The zero-order valence-electron chi connectivity index (χ0n) is 18.7. The van der Waals surface area contributed by atoms with Gasteiger partial charge in [0.05, 0.1) is 0 Å². The fraction of sp³-hybridized carbons (Fsp3) is 0.417. The summed E-state index contributed by atoms with van der Waals surface area (Å²) in [4.78, 5) is 26.3. The fourth-order valence-electron chi connectivity index (χ4n) is 3.11. The average molecular weight is 466 g/mol. The molecule has 0 saturated heterocycles. The number of carbonyl (C=O) groups excluding carboxylic acids is 2. The first-order valence-corrected chi connectivity index (χ1v) is 13.3. The van der Waals surface area contributed by atoms with Crippen molar-refractivity contribution in [3.8, 4) is 0 Å². The minimum absolute atomic E-state index is 0.0708. The van der Waals surface area contributed by atoms with Crippen molar-refractivity contribution in [2.75, 3.05) is 13.1 Å². The normalized spacial score (nSPS) is 11.6. The molecule has 7 heteroatoms. The van der Waals surface area contributed by atoms with E-state index in [0.717, 1.165) is 6.76 Å². The van der Waals surface area contributed by atoms with E-state index in [0.29, 0.717) is 12.8 Å². The number of halogens is 2. The molecule has 0 aromatic heterocycles. The van der Waals surface area contributed by atoms with Crippen molar-refractivity contribution in [2.45, 2.75) is 40.5 Å². The Morgan fingerprint density at radius 3 is 1.32 bits per heavy atom. The molecule has 4 nitrogen and oxygen atoms in total. The van der Waals surface area contributed by atoms with Crippen molar-refractivity contribution in [1.82, 2.24) is 6.76 Å². The number of benzene rings is 2. The summed E-state index contributed by atoms with van der Waals surface area (Å²) in [5, 5.41) is 0. The number of rotatable bonds is 10. The van der Waals surface area contributed by atoms with Crippen LogP contribution >= 0.6 is 0 Å². The summed E-state index contributed by atoms with van der Waals surface area (Å²) in [5.74, 6) is -1.11. The van der Waals surface area contributed by atoms with Gasteiger partial charge in [0.15, 0.2) is 0 Å². The van der Waals surface area contributed by atoms with Gasteiger partial charge < -0.3 is 0 Å². The van der Waals surface area contributed by atoms with E-state index in [1.54, 1.807) is 60.7 Å². The minimum atomic E-state index is -6.27. The van der Waals surface area contributed by atoms with Crippen molar-refractivity contribution < 1.29 is 33.9 Å². The van der Waals surface area contributed by atoms with E-state index >= 15 is 6.18 Å². The summed E-state index contributed by atoms with van der Waals surface area (Å²) in [7, 11) is 0. The number of hydrogen-bond acceptors (Lipinski definition) is 2. The van der Waals surface area contributed by atoms with E-state index in [2.05, 4.69) is 0 Å². The Kier molecular flexibility index (Phi) is 9.39. The molecule has 2 aromatic rings. The van der Waals surface area contributed by atoms with E-state index in [1.165, 1.54) is 0 Å². The number of hydrogen-bond donors (Lipinski definition) is 0. The van der Waals surface area contributed by atoms with Crippen molar-refractivity contribution >= 4 is 11.8 Å². The molecule has 0 bridgehead atoms. The Bertz CT molecular complexity index is 776. The van der Waals surface area contributed by atoms with Crippen molar-refractivity contribution in [3.05, 3.63) is 71.8 Å². The molecule has 0 radical (unpaired) electrons. The SMILES string of the molecule is CC(C)CC[N](C(=O)c1ccccc1)[Ti]([F])([F])[N](CCC(C)C)C(=O)c1ccccc1. The molecule has 0 fully saturated rings. The molecule has 168 valence electrons. The Morgan fingerprint density at radius 1 is 0.710 bits per heavy atom. The first kappa shape index (κ1) is 25.2. The molecule has 0 aliphatic carbocycles. The number of carbonyl (C=O) groups is 2. The van der Waals surface area contributed by atoms with Crippen LogP contribution in [0.1, 0.15) is 61.3 Å². The van der Waals surface area contributed by atoms with Gasteiger partial charge in [-0.15, -0.1) is 0 Å². The van der Waals surface area contributed by atoms with Gasteiger partial charge in [0.2, 0.25) is 0 Å². The monoisotopic (exact) mass is 466 g/mol. The van der Waals surface area contributed by atoms with Crippen LogP contribution in [0.5, 0.6) is 0 Å². The summed E-state index contributed by atoms with van der Waals surface area (Å²) in [5.41, 5.74) is 0.431. The molecule has 0 atom stereocenters. The first-order valence-electron chi connectivity index (χ1n) is 10.8. The van der Waals surface area contributed by atoms with E-state index < -0.39 is 30.0 Å². The van der Waals surface area contributed by atoms with Gasteiger partial charge in [0.25, 0.3) is 0 Å². The summed E-state index contributed by atoms with van der Waals surface area (Å²) < 4.78 is 33.7. The number of nitrogens with zero attached hydrogens (tertiary/aromatic N) is 2. The maximum atomic E-state index is 16.1. The zero-order chi connectivity index (χ0) is 23.0. The third kappa shape index (κ3) is 6.98. The molecular formula is C24H32F2N2O2Ti. The van der Waals surface area contributed by atoms with Crippen LogP contribution in [0.15, 0.2) is 60.7 Å². The van der Waals surface area contributed by atoms with E-state index in [1.807, 2.05) is 27.7 Å². The van der Waals surface area contributed by atoms with Gasteiger partial charge in [-0.05, 0) is 0 Å². The van der Waals surface area contributed by atoms with Gasteiger partial charge >= 0.3 is 190 Å². The standard InChI is InChI=1S/2C12H17NO.2FH.Ti/c2*1-10(2)8-9-13-12(14)11-6-4-3-5-7-11;;;/h2*3-7,10H,8-9H2,1-2H3,(H,13,14);2*1H;/q;;;;+4/p-4. The number of amides is 2. The van der Waals surface area contributed by atoms with Gasteiger partial charge in [-0.3, -0.25) is 0 Å². The van der Waals surface area contributed by atoms with Crippen LogP contribution in [-0.2, 0) is 18.2 Å². The van der Waals surface area contributed by atoms with E-state index in [-0.39, 0.29) is 36.1 Å². The topological polar surface area (TPSA) is 40.6 Å². The Labute approximate surface area is 189 Å². The summed E-state index contributed by atoms with van der Waals surface area (Å²) in [6.45, 7) is 7.59. The molecule has 0 spiro atoms. The van der Waals surface area contributed by atoms with E-state index in [4.69, 9.17) is 0 Å². The summed E-state index contributed by atoms with van der Waals surface area (Å²) in [6, 6.07) is 16.3. The van der Waals surface area contributed by atoms with E-state index in [9.17, 15) is 9.59 Å². The van der Waals surface area contributed by atoms with Crippen LogP contribution in [-0.4, -0.2) is 31.7 Å². The van der Waals surface area contributed by atoms with Crippen molar-refractivity contribution in [3.63, 3.8) is 0 Å². The quantitative estimate of drug-likeness (QED) is 0.396. The maximum absolute atomic E-state index is 16.1. The second kappa shape index (κ2) is 11.5. The Balaban J connectivity index is 2.46. The molecule has 2 aromatic carbocycles. The molecule has 0 saturated carbocycles. The molecule has 2 rings (SSSR count). The molecule has 2 amide bonds. The molecule has 31 heavy (non-hydrogen) atoms. The van der Waals surface area contributed by atoms with Gasteiger partial charge in [0, 0.05) is 0 Å². The Hall–Kier alpha value is -2.05.